The Morgan fingerprint density at radius 3 is 2.58 bits per heavy atom. The Morgan fingerprint density at radius 2 is 2.05 bits per heavy atom. The van der Waals surface area contributed by atoms with E-state index in [4.69, 9.17) is 0 Å². The minimum absolute atomic E-state index is 0.0138. The van der Waals surface area contributed by atoms with Crippen LogP contribution in [0.1, 0.15) is 31.2 Å². The topological polar surface area (TPSA) is 92.8 Å². The lowest BCUT2D eigenvalue weighted by molar-refractivity contribution is -0.385. The summed E-state index contributed by atoms with van der Waals surface area (Å²) >= 11 is 0. The fourth-order valence-corrected chi connectivity index (χ4v) is 2.53. The molecule has 0 bridgehead atoms. The molecule has 1 aliphatic rings. The van der Waals surface area contributed by atoms with Gasteiger partial charge in [0, 0.05) is 11.6 Å². The van der Waals surface area contributed by atoms with Crippen LogP contribution in [-0.4, -0.2) is 16.1 Å². The van der Waals surface area contributed by atoms with Crippen molar-refractivity contribution in [1.82, 2.24) is 0 Å². The fraction of sp³-hybridized carbons (Fsp3) is 0.417. The average molecular weight is 266 g/mol. The summed E-state index contributed by atoms with van der Waals surface area (Å²) in [4.78, 5) is 24.2. The number of hydrogen-bond acceptors (Lipinski definition) is 5. The Bertz CT molecular complexity index is 575. The second-order valence-electron chi connectivity index (χ2n) is 4.52. The first-order chi connectivity index (χ1) is 9.00. The maximum atomic E-state index is 13.6. The van der Waals surface area contributed by atoms with E-state index >= 15 is 0 Å². The second-order valence-corrected chi connectivity index (χ2v) is 4.52. The lowest BCUT2D eigenvalue weighted by Crippen LogP contribution is -2.19. The first-order valence-electron chi connectivity index (χ1n) is 5.76. The quantitative estimate of drug-likeness (QED) is 0.393. The zero-order chi connectivity index (χ0) is 14.0. The van der Waals surface area contributed by atoms with Crippen molar-refractivity contribution in [2.24, 2.45) is 4.99 Å². The van der Waals surface area contributed by atoms with Gasteiger partial charge < -0.3 is 5.11 Å². The van der Waals surface area contributed by atoms with Gasteiger partial charge in [0.05, 0.1) is 11.0 Å². The molecule has 1 aliphatic carbocycles. The van der Waals surface area contributed by atoms with Crippen molar-refractivity contribution >= 4 is 11.8 Å². The highest BCUT2D eigenvalue weighted by Crippen LogP contribution is 2.47. The van der Waals surface area contributed by atoms with Gasteiger partial charge in [-0.25, -0.2) is 9.18 Å². The van der Waals surface area contributed by atoms with Crippen molar-refractivity contribution < 1.29 is 19.2 Å². The number of halogens is 1. The fourth-order valence-electron chi connectivity index (χ4n) is 2.53. The van der Waals surface area contributed by atoms with Gasteiger partial charge in [0.25, 0.3) is 5.69 Å². The summed E-state index contributed by atoms with van der Waals surface area (Å²) < 4.78 is 13.6. The number of hydrogen-bond donors (Lipinski definition) is 1. The predicted molar refractivity (Wildman–Crippen MR) is 63.0 cm³/mol. The number of benzene rings is 1. The summed E-state index contributed by atoms with van der Waals surface area (Å²) in [5.74, 6) is -1.77. The van der Waals surface area contributed by atoms with E-state index in [2.05, 4.69) is 4.99 Å². The molecule has 0 atom stereocenters. The Kier molecular flexibility index (Phi) is 3.31. The number of aromatic hydroxyl groups is 1. The molecule has 1 fully saturated rings. The van der Waals surface area contributed by atoms with E-state index in [1.54, 1.807) is 0 Å². The number of nitro groups is 1. The predicted octanol–water partition coefficient (Wildman–Crippen LogP) is 2.54. The molecule has 1 N–H and O–H groups in total. The van der Waals surface area contributed by atoms with Crippen molar-refractivity contribution in [3.8, 4) is 5.75 Å². The number of nitro benzene ring substituents is 1. The maximum Gasteiger partial charge on any atom is 0.273 e. The van der Waals surface area contributed by atoms with Gasteiger partial charge in [-0.3, -0.25) is 10.1 Å². The minimum atomic E-state index is -1.10. The van der Waals surface area contributed by atoms with Gasteiger partial charge >= 0.3 is 0 Å². The molecule has 1 saturated carbocycles. The lowest BCUT2D eigenvalue weighted by atomic mass is 9.87. The Hall–Kier alpha value is -2.27. The minimum Gasteiger partial charge on any atom is -0.505 e. The number of phenols is 1. The van der Waals surface area contributed by atoms with Crippen LogP contribution in [0, 0.1) is 15.9 Å². The third-order valence-corrected chi connectivity index (χ3v) is 3.45. The monoisotopic (exact) mass is 266 g/mol. The van der Waals surface area contributed by atoms with Crippen LogP contribution in [-0.2, 0) is 10.3 Å². The van der Waals surface area contributed by atoms with Crippen molar-refractivity contribution in [3.63, 3.8) is 0 Å². The molecule has 6 nitrogen and oxygen atoms in total. The molecule has 0 aliphatic heterocycles. The molecule has 0 spiro atoms. The second kappa shape index (κ2) is 4.78. The highest BCUT2D eigenvalue weighted by atomic mass is 19.1. The Labute approximate surface area is 107 Å². The summed E-state index contributed by atoms with van der Waals surface area (Å²) in [6, 6.07) is 1.72. The Morgan fingerprint density at radius 1 is 1.42 bits per heavy atom. The molecule has 19 heavy (non-hydrogen) atoms. The van der Waals surface area contributed by atoms with Crippen LogP contribution in [0.15, 0.2) is 17.1 Å². The number of rotatable bonds is 3. The molecule has 0 heterocycles. The summed E-state index contributed by atoms with van der Waals surface area (Å²) in [7, 11) is 0. The first-order valence-corrected chi connectivity index (χ1v) is 5.76. The summed E-state index contributed by atoms with van der Waals surface area (Å²) in [5, 5.41) is 20.5. The molecule has 1 aromatic rings. The van der Waals surface area contributed by atoms with Crippen LogP contribution >= 0.6 is 0 Å². The van der Waals surface area contributed by atoms with Gasteiger partial charge in [-0.05, 0) is 12.8 Å². The largest absolute Gasteiger partial charge is 0.505 e. The summed E-state index contributed by atoms with van der Waals surface area (Å²) in [6.07, 6.45) is 3.76. The standard InChI is InChI=1S/C12H11FN2O4/c13-10-6-8(15(18)19)5-9(11(10)17)12(14-7-16)3-1-2-4-12/h5-6,17H,1-4H2. The molecule has 0 saturated heterocycles. The smallest absolute Gasteiger partial charge is 0.273 e. The third kappa shape index (κ3) is 2.20. The zero-order valence-electron chi connectivity index (χ0n) is 9.93. The van der Waals surface area contributed by atoms with Crippen molar-refractivity contribution in [2.45, 2.75) is 31.2 Å². The van der Waals surface area contributed by atoms with Gasteiger partial charge in [0.2, 0.25) is 6.08 Å². The molecule has 100 valence electrons. The van der Waals surface area contributed by atoms with Crippen LogP contribution in [0.5, 0.6) is 5.75 Å². The van der Waals surface area contributed by atoms with Crippen LogP contribution in [0.4, 0.5) is 10.1 Å². The average Bonchev–Trinajstić information content (AvgIpc) is 2.82. The highest BCUT2D eigenvalue weighted by molar-refractivity contribution is 5.50. The normalized spacial score (nSPS) is 16.9. The molecule has 1 aromatic carbocycles. The number of aliphatic imine (C=N–C) groups is 1. The van der Waals surface area contributed by atoms with Crippen LogP contribution in [0.2, 0.25) is 0 Å². The number of isocyanates is 1. The molecule has 0 amide bonds. The number of nitrogens with zero attached hydrogens (tertiary/aromatic N) is 2. The molecular formula is C12H11FN2O4. The maximum absolute atomic E-state index is 13.6. The van der Waals surface area contributed by atoms with E-state index in [0.29, 0.717) is 18.9 Å². The van der Waals surface area contributed by atoms with Crippen LogP contribution in [0.25, 0.3) is 0 Å². The molecular weight excluding hydrogens is 255 g/mol. The number of non-ortho nitro benzene ring substituents is 1. The van der Waals surface area contributed by atoms with Crippen LogP contribution < -0.4 is 0 Å². The van der Waals surface area contributed by atoms with Crippen molar-refractivity contribution in [1.29, 1.82) is 0 Å². The van der Waals surface area contributed by atoms with Gasteiger partial charge in [0.1, 0.15) is 5.54 Å². The van der Waals surface area contributed by atoms with Crippen LogP contribution in [0.3, 0.4) is 0 Å². The van der Waals surface area contributed by atoms with Gasteiger partial charge in [-0.15, -0.1) is 0 Å². The highest BCUT2D eigenvalue weighted by Gasteiger charge is 2.39. The first kappa shape index (κ1) is 13.2. The van der Waals surface area contributed by atoms with E-state index < -0.39 is 27.7 Å². The van der Waals surface area contributed by atoms with Gasteiger partial charge in [-0.2, -0.15) is 4.99 Å². The van der Waals surface area contributed by atoms with E-state index in [9.17, 15) is 24.4 Å². The zero-order valence-corrected chi connectivity index (χ0v) is 9.93. The Balaban J connectivity index is 2.65. The lowest BCUT2D eigenvalue weighted by Gasteiger charge is -2.23. The van der Waals surface area contributed by atoms with Crippen molar-refractivity contribution in [2.75, 3.05) is 0 Å². The molecule has 0 unspecified atom stereocenters. The summed E-state index contributed by atoms with van der Waals surface area (Å²) in [6.45, 7) is 0. The third-order valence-electron chi connectivity index (χ3n) is 3.45. The number of carbonyl (C=O) groups excluding carboxylic acids is 1. The van der Waals surface area contributed by atoms with Gasteiger partial charge in [-0.1, -0.05) is 12.8 Å². The SMILES string of the molecule is O=C=NC1(c2cc([N+](=O)[O-])cc(F)c2O)CCCC1. The van der Waals surface area contributed by atoms with E-state index in [0.717, 1.165) is 18.9 Å². The molecule has 2 rings (SSSR count). The molecule has 7 heteroatoms. The molecule has 0 aromatic heterocycles. The van der Waals surface area contributed by atoms with E-state index in [1.807, 2.05) is 0 Å². The van der Waals surface area contributed by atoms with E-state index in [1.165, 1.54) is 6.08 Å². The number of phenolic OH excluding ortho intramolecular Hbond substituents is 1. The summed E-state index contributed by atoms with van der Waals surface area (Å²) in [5.41, 5.74) is -1.59. The van der Waals surface area contributed by atoms with Gasteiger partial charge in [0.15, 0.2) is 11.6 Å². The van der Waals surface area contributed by atoms with Crippen molar-refractivity contribution in [3.05, 3.63) is 33.6 Å². The molecule has 0 radical (unpaired) electrons. The van der Waals surface area contributed by atoms with E-state index in [-0.39, 0.29) is 5.56 Å².